The first kappa shape index (κ1) is 17.2. The Hall–Kier alpha value is -3.88. The first-order valence-electron chi connectivity index (χ1n) is 9.05. The van der Waals surface area contributed by atoms with Crippen molar-refractivity contribution in [3.05, 3.63) is 48.9 Å². The van der Waals surface area contributed by atoms with E-state index in [2.05, 4.69) is 20.3 Å². The molecule has 0 aliphatic heterocycles. The fourth-order valence-corrected chi connectivity index (χ4v) is 3.53. The summed E-state index contributed by atoms with van der Waals surface area (Å²) < 4.78 is 16.5. The molecule has 5 heterocycles. The molecule has 0 aromatic carbocycles. The Balaban J connectivity index is 1.66. The molecule has 29 heavy (non-hydrogen) atoms. The minimum atomic E-state index is 0.693. The van der Waals surface area contributed by atoms with Gasteiger partial charge in [-0.2, -0.15) is 10.2 Å². The zero-order valence-corrected chi connectivity index (χ0v) is 16.5. The number of aromatic nitrogens is 7. The van der Waals surface area contributed by atoms with Gasteiger partial charge in [0.15, 0.2) is 5.82 Å². The summed E-state index contributed by atoms with van der Waals surface area (Å²) in [4.78, 5) is 4.54. The quantitative estimate of drug-likeness (QED) is 0.469. The van der Waals surface area contributed by atoms with Gasteiger partial charge in [-0.3, -0.25) is 4.68 Å². The van der Waals surface area contributed by atoms with E-state index in [0.29, 0.717) is 5.69 Å². The van der Waals surface area contributed by atoms with Crippen molar-refractivity contribution in [2.45, 2.75) is 6.92 Å². The van der Waals surface area contributed by atoms with E-state index in [1.807, 2.05) is 73.2 Å². The Labute approximate surface area is 166 Å². The maximum Gasteiger partial charge on any atom is 0.162 e. The second-order valence-corrected chi connectivity index (χ2v) is 6.90. The predicted octanol–water partition coefficient (Wildman–Crippen LogP) is 3.11. The maximum atomic E-state index is 5.71. The number of ether oxygens (including phenoxy) is 1. The number of aryl methyl sites for hydroxylation is 2. The van der Waals surface area contributed by atoms with E-state index >= 15 is 0 Å². The summed E-state index contributed by atoms with van der Waals surface area (Å²) in [5.41, 5.74) is 5.35. The molecule has 0 bridgehead atoms. The summed E-state index contributed by atoms with van der Waals surface area (Å²) in [7, 11) is 5.50. The summed E-state index contributed by atoms with van der Waals surface area (Å²) in [5.74, 6) is 2.19. The van der Waals surface area contributed by atoms with Crippen LogP contribution in [0.1, 0.15) is 5.76 Å². The van der Waals surface area contributed by atoms with Gasteiger partial charge >= 0.3 is 0 Å². The maximum absolute atomic E-state index is 5.71. The van der Waals surface area contributed by atoms with Gasteiger partial charge < -0.3 is 13.8 Å². The van der Waals surface area contributed by atoms with Crippen molar-refractivity contribution in [2.24, 2.45) is 14.1 Å². The van der Waals surface area contributed by atoms with Crippen molar-refractivity contribution >= 4 is 5.52 Å². The van der Waals surface area contributed by atoms with E-state index in [4.69, 9.17) is 9.26 Å². The molecule has 0 saturated carbocycles. The highest BCUT2D eigenvalue weighted by molar-refractivity contribution is 5.85. The molecule has 0 fully saturated rings. The first-order chi connectivity index (χ1) is 14.0. The third-order valence-corrected chi connectivity index (χ3v) is 4.96. The lowest BCUT2D eigenvalue weighted by Crippen LogP contribution is -1.97. The number of imidazole rings is 1. The number of pyridine rings is 1. The van der Waals surface area contributed by atoms with Crippen molar-refractivity contribution in [1.82, 2.24) is 34.1 Å². The molecule has 5 aromatic rings. The molecule has 0 amide bonds. The Bertz CT molecular complexity index is 1340. The number of hydrogen-bond donors (Lipinski definition) is 0. The smallest absolute Gasteiger partial charge is 0.162 e. The molecule has 0 aliphatic carbocycles. The Morgan fingerprint density at radius 1 is 1.00 bits per heavy atom. The van der Waals surface area contributed by atoms with Crippen LogP contribution in [-0.2, 0) is 14.1 Å². The van der Waals surface area contributed by atoms with Gasteiger partial charge in [-0.05, 0) is 13.0 Å². The normalized spacial score (nSPS) is 11.4. The van der Waals surface area contributed by atoms with Crippen LogP contribution in [0.5, 0.6) is 5.75 Å². The van der Waals surface area contributed by atoms with Crippen LogP contribution >= 0.6 is 0 Å². The molecule has 9 heteroatoms. The summed E-state index contributed by atoms with van der Waals surface area (Å²) in [6.45, 7) is 1.86. The van der Waals surface area contributed by atoms with Crippen molar-refractivity contribution < 1.29 is 9.26 Å². The van der Waals surface area contributed by atoms with Gasteiger partial charge in [-0.25, -0.2) is 9.50 Å². The molecule has 146 valence electrons. The zero-order chi connectivity index (χ0) is 20.1. The lowest BCUT2D eigenvalue weighted by molar-refractivity contribution is 0.399. The predicted molar refractivity (Wildman–Crippen MR) is 106 cm³/mol. The topological polar surface area (TPSA) is 88.2 Å². The third-order valence-electron chi connectivity index (χ3n) is 4.96. The fourth-order valence-electron chi connectivity index (χ4n) is 3.53. The molecular weight excluding hydrogens is 370 g/mol. The summed E-state index contributed by atoms with van der Waals surface area (Å²) in [5, 5.41) is 12.9. The van der Waals surface area contributed by atoms with Gasteiger partial charge in [0.25, 0.3) is 0 Å². The molecule has 0 saturated heterocycles. The van der Waals surface area contributed by atoms with Gasteiger partial charge in [0.1, 0.15) is 22.7 Å². The fraction of sp³-hybridized carbons (Fsp3) is 0.200. The molecule has 5 aromatic heterocycles. The second kappa shape index (κ2) is 6.33. The number of hydrogen-bond acceptors (Lipinski definition) is 6. The highest BCUT2D eigenvalue weighted by atomic mass is 16.5. The highest BCUT2D eigenvalue weighted by Crippen LogP contribution is 2.35. The van der Waals surface area contributed by atoms with Crippen LogP contribution in [0.4, 0.5) is 0 Å². The van der Waals surface area contributed by atoms with Gasteiger partial charge in [-0.1, -0.05) is 5.16 Å². The van der Waals surface area contributed by atoms with Crippen molar-refractivity contribution in [2.75, 3.05) is 7.11 Å². The van der Waals surface area contributed by atoms with E-state index in [1.165, 1.54) is 0 Å². The van der Waals surface area contributed by atoms with Crippen LogP contribution in [0.3, 0.4) is 0 Å². The Morgan fingerprint density at radius 3 is 2.55 bits per heavy atom. The van der Waals surface area contributed by atoms with Crippen LogP contribution in [0, 0.1) is 6.92 Å². The van der Waals surface area contributed by atoms with E-state index in [0.717, 1.165) is 45.2 Å². The first-order valence-corrected chi connectivity index (χ1v) is 9.05. The van der Waals surface area contributed by atoms with E-state index in [-0.39, 0.29) is 0 Å². The Morgan fingerprint density at radius 2 is 1.86 bits per heavy atom. The monoisotopic (exact) mass is 389 g/mol. The zero-order valence-electron chi connectivity index (χ0n) is 16.5. The van der Waals surface area contributed by atoms with E-state index in [9.17, 15) is 0 Å². The molecule has 0 aliphatic rings. The van der Waals surface area contributed by atoms with Crippen LogP contribution in [0.2, 0.25) is 0 Å². The summed E-state index contributed by atoms with van der Waals surface area (Å²) >= 11 is 0. The van der Waals surface area contributed by atoms with Crippen LogP contribution < -0.4 is 4.74 Å². The summed E-state index contributed by atoms with van der Waals surface area (Å²) in [6, 6.07) is 3.86. The average Bonchev–Trinajstić information content (AvgIpc) is 3.48. The number of methoxy groups -OCH3 is 1. The average molecular weight is 389 g/mol. The van der Waals surface area contributed by atoms with Crippen LogP contribution in [-0.4, -0.2) is 41.2 Å². The minimum Gasteiger partial charge on any atom is -0.494 e. The lowest BCUT2D eigenvalue weighted by atomic mass is 10.1. The molecule has 0 spiro atoms. The van der Waals surface area contributed by atoms with Gasteiger partial charge in [0.05, 0.1) is 31.4 Å². The largest absolute Gasteiger partial charge is 0.494 e. The highest BCUT2D eigenvalue weighted by Gasteiger charge is 2.19. The SMILES string of the molecule is COc1cc(-c2cnn(C)c2)cn2ncc(-c3cnc(-c4cc(C)on4)n3C)c12. The number of fused-ring (bicyclic) bond motifs is 1. The van der Waals surface area contributed by atoms with Gasteiger partial charge in [0.2, 0.25) is 0 Å². The lowest BCUT2D eigenvalue weighted by Gasteiger charge is -2.09. The molecule has 0 atom stereocenters. The second-order valence-electron chi connectivity index (χ2n) is 6.90. The standard InChI is InChI=1S/C20H19N7O2/c1-12-5-16(24-29-12)20-21-9-17(26(20)3)15-8-23-27-11-13(6-18(28-4)19(15)27)14-7-22-25(2)10-14/h5-11H,1-4H3. The Kier molecular flexibility index (Phi) is 3.76. The van der Waals surface area contributed by atoms with E-state index < -0.39 is 0 Å². The number of nitrogens with zero attached hydrogens (tertiary/aromatic N) is 7. The van der Waals surface area contributed by atoms with Crippen molar-refractivity contribution in [3.63, 3.8) is 0 Å². The third kappa shape index (κ3) is 2.70. The molecule has 9 nitrogen and oxygen atoms in total. The molecule has 0 radical (unpaired) electrons. The van der Waals surface area contributed by atoms with Crippen molar-refractivity contribution in [3.8, 4) is 39.7 Å². The van der Waals surface area contributed by atoms with E-state index in [1.54, 1.807) is 11.8 Å². The molecular formula is C20H19N7O2. The number of rotatable bonds is 4. The molecule has 0 unspecified atom stereocenters. The minimum absolute atomic E-state index is 0.693. The van der Waals surface area contributed by atoms with Crippen LogP contribution in [0.25, 0.3) is 39.4 Å². The van der Waals surface area contributed by atoms with Gasteiger partial charge in [0, 0.05) is 49.2 Å². The molecule has 5 rings (SSSR count). The van der Waals surface area contributed by atoms with Gasteiger partial charge in [-0.15, -0.1) is 0 Å². The summed E-state index contributed by atoms with van der Waals surface area (Å²) in [6.07, 6.45) is 9.37. The van der Waals surface area contributed by atoms with Crippen LogP contribution in [0.15, 0.2) is 47.6 Å². The van der Waals surface area contributed by atoms with Crippen molar-refractivity contribution in [1.29, 1.82) is 0 Å². The molecule has 0 N–H and O–H groups in total.